The first-order valence-corrected chi connectivity index (χ1v) is 6.09. The lowest BCUT2D eigenvalue weighted by atomic mass is 10.2. The lowest BCUT2D eigenvalue weighted by Crippen LogP contribution is -2.16. The Labute approximate surface area is 116 Å². The van der Waals surface area contributed by atoms with Crippen LogP contribution in [0.1, 0.15) is 10.4 Å². The maximum atomic E-state index is 13.6. The summed E-state index contributed by atoms with van der Waals surface area (Å²) in [5, 5.41) is 2.27. The first-order chi connectivity index (χ1) is 9.00. The van der Waals surface area contributed by atoms with Gasteiger partial charge in [0.15, 0.2) is 0 Å². The molecule has 98 valence electrons. The van der Waals surface area contributed by atoms with Crippen LogP contribution in [0.2, 0.25) is 0 Å². The van der Waals surface area contributed by atoms with Gasteiger partial charge in [-0.25, -0.2) is 8.78 Å². The Bertz CT molecular complexity index is 606. The molecule has 0 aliphatic rings. The van der Waals surface area contributed by atoms with Crippen molar-refractivity contribution in [2.75, 3.05) is 11.1 Å². The van der Waals surface area contributed by atoms with Crippen LogP contribution in [-0.2, 0) is 0 Å². The van der Waals surface area contributed by atoms with Gasteiger partial charge in [0, 0.05) is 4.47 Å². The lowest BCUT2D eigenvalue weighted by Gasteiger charge is -2.10. The summed E-state index contributed by atoms with van der Waals surface area (Å²) >= 11 is 3.07. The number of nitrogens with one attached hydrogen (secondary N) is 1. The number of anilines is 2. The van der Waals surface area contributed by atoms with Crippen molar-refractivity contribution in [2.24, 2.45) is 0 Å². The molecule has 0 saturated heterocycles. The van der Waals surface area contributed by atoms with Gasteiger partial charge in [-0.2, -0.15) is 0 Å². The van der Waals surface area contributed by atoms with E-state index in [0.717, 1.165) is 12.1 Å². The summed E-state index contributed by atoms with van der Waals surface area (Å²) in [4.78, 5) is 12.0. The highest BCUT2D eigenvalue weighted by Gasteiger charge is 2.17. The third-order valence-corrected chi connectivity index (χ3v) is 3.14. The Morgan fingerprint density at radius 2 is 1.74 bits per heavy atom. The predicted molar refractivity (Wildman–Crippen MR) is 72.9 cm³/mol. The molecule has 0 heterocycles. The lowest BCUT2D eigenvalue weighted by molar-refractivity contribution is 0.102. The molecule has 0 radical (unpaired) electrons. The molecule has 0 unspecified atom stereocenters. The zero-order valence-electron chi connectivity index (χ0n) is 9.58. The highest BCUT2D eigenvalue weighted by molar-refractivity contribution is 9.10. The molecule has 0 fully saturated rings. The summed E-state index contributed by atoms with van der Waals surface area (Å²) in [5.74, 6) is -2.16. The van der Waals surface area contributed by atoms with Gasteiger partial charge >= 0.3 is 0 Å². The van der Waals surface area contributed by atoms with Crippen LogP contribution in [0.25, 0.3) is 0 Å². The fourth-order valence-corrected chi connectivity index (χ4v) is 2.09. The van der Waals surface area contributed by atoms with E-state index in [1.165, 1.54) is 24.3 Å². The van der Waals surface area contributed by atoms with E-state index in [0.29, 0.717) is 0 Å². The quantitative estimate of drug-likeness (QED) is 0.829. The van der Waals surface area contributed by atoms with Crippen LogP contribution >= 0.6 is 15.9 Å². The van der Waals surface area contributed by atoms with E-state index < -0.39 is 17.5 Å². The van der Waals surface area contributed by atoms with E-state index in [1.54, 1.807) is 0 Å². The summed E-state index contributed by atoms with van der Waals surface area (Å²) in [6, 6.07) is 8.12. The molecule has 0 bridgehead atoms. The summed E-state index contributed by atoms with van der Waals surface area (Å²) in [5.41, 5.74) is 5.27. The summed E-state index contributed by atoms with van der Waals surface area (Å²) in [6.07, 6.45) is 0. The monoisotopic (exact) mass is 326 g/mol. The van der Waals surface area contributed by atoms with E-state index in [9.17, 15) is 13.6 Å². The van der Waals surface area contributed by atoms with Gasteiger partial charge in [-0.3, -0.25) is 4.79 Å². The molecule has 1 amide bonds. The normalized spacial score (nSPS) is 10.3. The van der Waals surface area contributed by atoms with Crippen molar-refractivity contribution in [1.29, 1.82) is 0 Å². The second-order valence-corrected chi connectivity index (χ2v) is 4.61. The van der Waals surface area contributed by atoms with Crippen molar-refractivity contribution in [1.82, 2.24) is 0 Å². The maximum Gasteiger partial charge on any atom is 0.259 e. The molecule has 0 aromatic heterocycles. The first kappa shape index (κ1) is 13.5. The van der Waals surface area contributed by atoms with Crippen LogP contribution < -0.4 is 11.1 Å². The van der Waals surface area contributed by atoms with Crippen LogP contribution in [-0.4, -0.2) is 5.91 Å². The van der Waals surface area contributed by atoms with E-state index in [2.05, 4.69) is 21.2 Å². The van der Waals surface area contributed by atoms with Crippen LogP contribution in [0, 0.1) is 11.6 Å². The SMILES string of the molecule is Nc1cccc(F)c1NC(=O)c1c(F)cccc1Br. The number of halogens is 3. The molecular formula is C13H9BrF2N2O. The van der Waals surface area contributed by atoms with Gasteiger partial charge in [0.25, 0.3) is 5.91 Å². The van der Waals surface area contributed by atoms with Crippen LogP contribution in [0.5, 0.6) is 0 Å². The molecule has 3 N–H and O–H groups in total. The number of carbonyl (C=O) groups is 1. The van der Waals surface area contributed by atoms with Crippen LogP contribution in [0.4, 0.5) is 20.2 Å². The van der Waals surface area contributed by atoms with Gasteiger partial charge < -0.3 is 11.1 Å². The van der Waals surface area contributed by atoms with Crippen LogP contribution in [0.3, 0.4) is 0 Å². The third-order valence-electron chi connectivity index (χ3n) is 2.47. The minimum atomic E-state index is -0.776. The Balaban J connectivity index is 2.37. The van der Waals surface area contributed by atoms with Crippen molar-refractivity contribution in [3.63, 3.8) is 0 Å². The molecule has 2 rings (SSSR count). The molecule has 2 aromatic rings. The number of benzene rings is 2. The van der Waals surface area contributed by atoms with Gasteiger partial charge in [0.2, 0.25) is 0 Å². The zero-order valence-corrected chi connectivity index (χ0v) is 11.2. The maximum absolute atomic E-state index is 13.6. The number of hydrogen-bond acceptors (Lipinski definition) is 2. The Morgan fingerprint density at radius 1 is 1.11 bits per heavy atom. The van der Waals surface area contributed by atoms with Gasteiger partial charge in [0.1, 0.15) is 17.3 Å². The predicted octanol–water partition coefficient (Wildman–Crippen LogP) is 3.56. The molecular weight excluding hydrogens is 318 g/mol. The van der Waals surface area contributed by atoms with Crippen LogP contribution in [0.15, 0.2) is 40.9 Å². The third kappa shape index (κ3) is 2.73. The number of amides is 1. The largest absolute Gasteiger partial charge is 0.397 e. The smallest absolute Gasteiger partial charge is 0.259 e. The van der Waals surface area contributed by atoms with E-state index in [-0.39, 0.29) is 21.4 Å². The second kappa shape index (κ2) is 5.36. The van der Waals surface area contributed by atoms with E-state index in [4.69, 9.17) is 5.73 Å². The standard InChI is InChI=1S/C13H9BrF2N2O/c14-7-3-1-4-8(15)11(7)13(19)18-12-9(16)5-2-6-10(12)17/h1-6H,17H2,(H,18,19). The summed E-state index contributed by atoms with van der Waals surface area (Å²) in [7, 11) is 0. The van der Waals surface area contributed by atoms with Gasteiger partial charge in [-0.05, 0) is 40.2 Å². The zero-order chi connectivity index (χ0) is 14.0. The fraction of sp³-hybridized carbons (Fsp3) is 0. The Hall–Kier alpha value is -1.95. The highest BCUT2D eigenvalue weighted by Crippen LogP contribution is 2.25. The Kier molecular flexibility index (Phi) is 3.80. The fourth-order valence-electron chi connectivity index (χ4n) is 1.56. The first-order valence-electron chi connectivity index (χ1n) is 5.30. The topological polar surface area (TPSA) is 55.1 Å². The number of para-hydroxylation sites is 1. The van der Waals surface area contributed by atoms with Crippen molar-refractivity contribution in [2.45, 2.75) is 0 Å². The molecule has 3 nitrogen and oxygen atoms in total. The van der Waals surface area contributed by atoms with Gasteiger partial charge in [0.05, 0.1) is 11.3 Å². The van der Waals surface area contributed by atoms with Gasteiger partial charge in [-0.1, -0.05) is 12.1 Å². The molecule has 19 heavy (non-hydrogen) atoms. The number of rotatable bonds is 2. The summed E-state index contributed by atoms with van der Waals surface area (Å²) < 4.78 is 27.4. The number of carbonyl (C=O) groups excluding carboxylic acids is 1. The number of hydrogen-bond donors (Lipinski definition) is 2. The van der Waals surface area contributed by atoms with Crippen molar-refractivity contribution in [3.05, 3.63) is 58.1 Å². The molecule has 0 saturated carbocycles. The van der Waals surface area contributed by atoms with Crippen molar-refractivity contribution in [3.8, 4) is 0 Å². The van der Waals surface area contributed by atoms with E-state index >= 15 is 0 Å². The second-order valence-electron chi connectivity index (χ2n) is 3.75. The minimum absolute atomic E-state index is 0.0702. The van der Waals surface area contributed by atoms with Crippen molar-refractivity contribution >= 4 is 33.2 Å². The van der Waals surface area contributed by atoms with Crippen molar-refractivity contribution < 1.29 is 13.6 Å². The molecule has 0 aliphatic carbocycles. The average molecular weight is 327 g/mol. The molecule has 0 spiro atoms. The molecule has 0 atom stereocenters. The van der Waals surface area contributed by atoms with Gasteiger partial charge in [-0.15, -0.1) is 0 Å². The average Bonchev–Trinajstić information content (AvgIpc) is 2.34. The number of nitrogens with two attached hydrogens (primary N) is 1. The molecule has 6 heteroatoms. The summed E-state index contributed by atoms with van der Waals surface area (Å²) in [6.45, 7) is 0. The van der Waals surface area contributed by atoms with E-state index in [1.807, 2.05) is 0 Å². The minimum Gasteiger partial charge on any atom is -0.397 e. The highest BCUT2D eigenvalue weighted by atomic mass is 79.9. The molecule has 0 aliphatic heterocycles. The number of nitrogen functional groups attached to an aromatic ring is 1. The Morgan fingerprint density at radius 3 is 2.37 bits per heavy atom. The molecule has 2 aromatic carbocycles.